The lowest BCUT2D eigenvalue weighted by Crippen LogP contribution is -2.55. The van der Waals surface area contributed by atoms with Crippen molar-refractivity contribution in [2.24, 2.45) is 0 Å². The Balaban J connectivity index is 2.43. The largest absolute Gasteiger partial charge is 0.479 e. The van der Waals surface area contributed by atoms with Crippen molar-refractivity contribution in [3.8, 4) is 0 Å². The Labute approximate surface area is 125 Å². The van der Waals surface area contributed by atoms with Gasteiger partial charge in [0.25, 0.3) is 0 Å². The Hall–Kier alpha value is -1.88. The Morgan fingerprint density at radius 3 is 2.43 bits per heavy atom. The molecule has 0 fully saturated rings. The van der Waals surface area contributed by atoms with Gasteiger partial charge in [0, 0.05) is 13.5 Å². The summed E-state index contributed by atoms with van der Waals surface area (Å²) >= 11 is 0. The summed E-state index contributed by atoms with van der Waals surface area (Å²) in [6.45, 7) is 3.41. The molecule has 1 unspecified atom stereocenters. The van der Waals surface area contributed by atoms with Crippen LogP contribution < -0.4 is 5.32 Å². The predicted octanol–water partition coefficient (Wildman–Crippen LogP) is 1.92. The van der Waals surface area contributed by atoms with Crippen molar-refractivity contribution in [3.63, 3.8) is 0 Å². The molecule has 21 heavy (non-hydrogen) atoms. The van der Waals surface area contributed by atoms with Crippen molar-refractivity contribution in [3.05, 3.63) is 35.4 Å². The van der Waals surface area contributed by atoms with Crippen molar-refractivity contribution in [1.82, 2.24) is 5.32 Å². The summed E-state index contributed by atoms with van der Waals surface area (Å²) in [6.07, 6.45) is 1.76. The molecule has 0 heterocycles. The van der Waals surface area contributed by atoms with E-state index in [1.54, 1.807) is 0 Å². The van der Waals surface area contributed by atoms with Crippen molar-refractivity contribution < 1.29 is 19.4 Å². The second kappa shape index (κ2) is 7.78. The number of aryl methyl sites for hydroxylation is 2. The summed E-state index contributed by atoms with van der Waals surface area (Å²) in [5.74, 6) is -1.37. The van der Waals surface area contributed by atoms with Crippen LogP contribution in [0.2, 0.25) is 0 Å². The SMILES string of the molecule is COCC(C)(NC(=O)CCCc1ccc(C)cc1)C(=O)O. The normalized spacial score (nSPS) is 13.5. The third kappa shape index (κ3) is 5.55. The highest BCUT2D eigenvalue weighted by Crippen LogP contribution is 2.09. The number of nitrogens with one attached hydrogen (secondary N) is 1. The minimum Gasteiger partial charge on any atom is -0.479 e. The molecular weight excluding hydrogens is 270 g/mol. The number of hydrogen-bond donors (Lipinski definition) is 2. The molecule has 0 spiro atoms. The van der Waals surface area contributed by atoms with Gasteiger partial charge in [0.2, 0.25) is 5.91 Å². The van der Waals surface area contributed by atoms with Crippen molar-refractivity contribution in [2.75, 3.05) is 13.7 Å². The van der Waals surface area contributed by atoms with Crippen LogP contribution in [0.3, 0.4) is 0 Å². The molecule has 1 atom stereocenters. The maximum absolute atomic E-state index is 11.9. The van der Waals surface area contributed by atoms with Crippen LogP contribution >= 0.6 is 0 Å². The first-order chi connectivity index (χ1) is 9.87. The van der Waals surface area contributed by atoms with Crippen molar-refractivity contribution in [2.45, 2.75) is 38.6 Å². The number of ether oxygens (including phenoxy) is 1. The van der Waals surface area contributed by atoms with Gasteiger partial charge in [-0.2, -0.15) is 0 Å². The average Bonchev–Trinajstić information content (AvgIpc) is 2.41. The quantitative estimate of drug-likeness (QED) is 0.768. The molecule has 1 rings (SSSR count). The zero-order valence-corrected chi connectivity index (χ0v) is 12.8. The summed E-state index contributed by atoms with van der Waals surface area (Å²) in [5, 5.41) is 11.7. The van der Waals surface area contributed by atoms with Gasteiger partial charge in [-0.1, -0.05) is 29.8 Å². The van der Waals surface area contributed by atoms with Gasteiger partial charge in [-0.05, 0) is 32.3 Å². The molecule has 1 aromatic rings. The third-order valence-electron chi connectivity index (χ3n) is 3.31. The van der Waals surface area contributed by atoms with Crippen LogP contribution in [0.4, 0.5) is 0 Å². The van der Waals surface area contributed by atoms with Gasteiger partial charge in [0.05, 0.1) is 6.61 Å². The Kier molecular flexibility index (Phi) is 6.37. The Morgan fingerprint density at radius 1 is 1.29 bits per heavy atom. The monoisotopic (exact) mass is 293 g/mol. The van der Waals surface area contributed by atoms with Crippen molar-refractivity contribution in [1.29, 1.82) is 0 Å². The molecule has 0 aliphatic rings. The standard InChI is InChI=1S/C16H23NO4/c1-12-7-9-13(10-8-12)5-4-6-14(18)17-16(2,11-21-3)15(19)20/h7-10H,4-6,11H2,1-3H3,(H,17,18)(H,19,20). The first kappa shape index (κ1) is 17.2. The van der Waals surface area contributed by atoms with E-state index >= 15 is 0 Å². The fraction of sp³-hybridized carbons (Fsp3) is 0.500. The van der Waals surface area contributed by atoms with Gasteiger partial charge in [-0.15, -0.1) is 0 Å². The summed E-state index contributed by atoms with van der Waals surface area (Å²) < 4.78 is 4.86. The van der Waals surface area contributed by atoms with Crippen LogP contribution in [0, 0.1) is 6.92 Å². The maximum Gasteiger partial charge on any atom is 0.331 e. The lowest BCUT2D eigenvalue weighted by atomic mass is 10.0. The molecule has 0 radical (unpaired) electrons. The number of hydrogen-bond acceptors (Lipinski definition) is 3. The molecule has 5 nitrogen and oxygen atoms in total. The van der Waals surface area contributed by atoms with Gasteiger partial charge in [0.15, 0.2) is 5.54 Å². The molecule has 1 aromatic carbocycles. The second-order valence-electron chi connectivity index (χ2n) is 5.46. The zero-order valence-electron chi connectivity index (χ0n) is 12.8. The minimum atomic E-state index is -1.38. The predicted molar refractivity (Wildman–Crippen MR) is 80.2 cm³/mol. The van der Waals surface area contributed by atoms with E-state index in [1.165, 1.54) is 25.2 Å². The van der Waals surface area contributed by atoms with Crippen LogP contribution in [0.5, 0.6) is 0 Å². The van der Waals surface area contributed by atoms with E-state index in [0.29, 0.717) is 12.8 Å². The molecule has 0 saturated carbocycles. The van der Waals surface area contributed by atoms with Crippen LogP contribution in [0.25, 0.3) is 0 Å². The minimum absolute atomic E-state index is 0.0635. The average molecular weight is 293 g/mol. The first-order valence-corrected chi connectivity index (χ1v) is 6.96. The molecular formula is C16H23NO4. The first-order valence-electron chi connectivity index (χ1n) is 6.96. The molecule has 0 bridgehead atoms. The van der Waals surface area contributed by atoms with E-state index < -0.39 is 11.5 Å². The third-order valence-corrected chi connectivity index (χ3v) is 3.31. The van der Waals surface area contributed by atoms with E-state index in [4.69, 9.17) is 9.84 Å². The van der Waals surface area contributed by atoms with E-state index in [1.807, 2.05) is 31.2 Å². The summed E-state index contributed by atoms with van der Waals surface area (Å²) in [7, 11) is 1.41. The van der Waals surface area contributed by atoms with Crippen LogP contribution in [-0.4, -0.2) is 36.2 Å². The molecule has 0 aliphatic heterocycles. The number of rotatable bonds is 8. The zero-order chi connectivity index (χ0) is 15.9. The summed E-state index contributed by atoms with van der Waals surface area (Å²) in [6, 6.07) is 8.16. The molecule has 5 heteroatoms. The van der Waals surface area contributed by atoms with E-state index in [0.717, 1.165) is 6.42 Å². The highest BCUT2D eigenvalue weighted by Gasteiger charge is 2.34. The van der Waals surface area contributed by atoms with E-state index in [2.05, 4.69) is 5.32 Å². The molecule has 116 valence electrons. The highest BCUT2D eigenvalue weighted by atomic mass is 16.5. The van der Waals surface area contributed by atoms with Gasteiger partial charge >= 0.3 is 5.97 Å². The number of aliphatic carboxylic acids is 1. The molecule has 0 aliphatic carbocycles. The fourth-order valence-corrected chi connectivity index (χ4v) is 2.02. The number of benzene rings is 1. The van der Waals surface area contributed by atoms with Gasteiger partial charge in [-0.3, -0.25) is 4.79 Å². The smallest absolute Gasteiger partial charge is 0.331 e. The number of carboxylic acid groups (broad SMARTS) is 1. The number of amides is 1. The highest BCUT2D eigenvalue weighted by molar-refractivity contribution is 5.86. The summed E-state index contributed by atoms with van der Waals surface area (Å²) in [5.41, 5.74) is 0.995. The Bertz CT molecular complexity index is 484. The number of methoxy groups -OCH3 is 1. The van der Waals surface area contributed by atoms with E-state index in [-0.39, 0.29) is 12.5 Å². The van der Waals surface area contributed by atoms with Gasteiger partial charge < -0.3 is 15.2 Å². The van der Waals surface area contributed by atoms with Crippen LogP contribution in [-0.2, 0) is 20.7 Å². The molecule has 2 N–H and O–H groups in total. The molecule has 0 saturated heterocycles. The number of carbonyl (C=O) groups excluding carboxylic acids is 1. The second-order valence-corrected chi connectivity index (χ2v) is 5.46. The van der Waals surface area contributed by atoms with Gasteiger partial charge in [0.1, 0.15) is 0 Å². The Morgan fingerprint density at radius 2 is 1.90 bits per heavy atom. The maximum atomic E-state index is 11.9. The van der Waals surface area contributed by atoms with Crippen LogP contribution in [0.15, 0.2) is 24.3 Å². The lowest BCUT2D eigenvalue weighted by molar-refractivity contribution is -0.149. The summed E-state index contributed by atoms with van der Waals surface area (Å²) in [4.78, 5) is 23.0. The lowest BCUT2D eigenvalue weighted by Gasteiger charge is -2.25. The van der Waals surface area contributed by atoms with Gasteiger partial charge in [-0.25, -0.2) is 4.79 Å². The number of carbonyl (C=O) groups is 2. The molecule has 1 amide bonds. The number of carboxylic acids is 1. The van der Waals surface area contributed by atoms with Crippen molar-refractivity contribution >= 4 is 11.9 Å². The molecule has 0 aromatic heterocycles. The fourth-order valence-electron chi connectivity index (χ4n) is 2.02. The topological polar surface area (TPSA) is 75.6 Å². The van der Waals surface area contributed by atoms with E-state index in [9.17, 15) is 9.59 Å². The van der Waals surface area contributed by atoms with Crippen LogP contribution in [0.1, 0.15) is 30.9 Å².